The number of hydrogen-bond acceptors (Lipinski definition) is 5. The van der Waals surface area contributed by atoms with Gasteiger partial charge >= 0.3 is 0 Å². The predicted molar refractivity (Wildman–Crippen MR) is 232 cm³/mol. The molecule has 0 saturated carbocycles. The van der Waals surface area contributed by atoms with E-state index in [0.29, 0.717) is 17.5 Å². The molecule has 0 saturated heterocycles. The Bertz CT molecular complexity index is 3230. The van der Waals surface area contributed by atoms with Crippen molar-refractivity contribution in [2.75, 3.05) is 0 Å². The van der Waals surface area contributed by atoms with E-state index in [1.807, 2.05) is 47.7 Å². The van der Waals surface area contributed by atoms with Crippen molar-refractivity contribution in [3.63, 3.8) is 0 Å². The molecule has 6 heteroatoms. The Labute approximate surface area is 326 Å². The van der Waals surface area contributed by atoms with Gasteiger partial charge in [-0.3, -0.25) is 0 Å². The largest absolute Gasteiger partial charge is 0.301 e. The molecular formula is C50H31N5S. The summed E-state index contributed by atoms with van der Waals surface area (Å²) in [5, 5.41) is 4.90. The molecular weight excluding hydrogens is 703 g/mol. The van der Waals surface area contributed by atoms with Crippen LogP contribution < -0.4 is 0 Å². The number of nitrogens with zero attached hydrogens (tertiary/aromatic N) is 5. The van der Waals surface area contributed by atoms with Crippen LogP contribution in [0.4, 0.5) is 0 Å². The van der Waals surface area contributed by atoms with Crippen molar-refractivity contribution in [3.05, 3.63) is 188 Å². The first-order chi connectivity index (χ1) is 27.8. The molecule has 0 unspecified atom stereocenters. The summed E-state index contributed by atoms with van der Waals surface area (Å²) in [5.74, 6) is 1.90. The van der Waals surface area contributed by atoms with E-state index < -0.39 is 0 Å². The van der Waals surface area contributed by atoms with Crippen molar-refractivity contribution in [3.8, 4) is 62.2 Å². The van der Waals surface area contributed by atoms with Gasteiger partial charge in [0, 0.05) is 49.5 Å². The third kappa shape index (κ3) is 5.38. The van der Waals surface area contributed by atoms with Crippen molar-refractivity contribution in [2.45, 2.75) is 0 Å². The highest BCUT2D eigenvalue weighted by Crippen LogP contribution is 2.47. The summed E-state index contributed by atoms with van der Waals surface area (Å²) < 4.78 is 3.59. The van der Waals surface area contributed by atoms with Crippen LogP contribution in [-0.2, 0) is 0 Å². The Balaban J connectivity index is 1.08. The van der Waals surface area contributed by atoms with Crippen molar-refractivity contribution >= 4 is 53.4 Å². The van der Waals surface area contributed by atoms with Crippen molar-refractivity contribution in [1.29, 1.82) is 0 Å². The van der Waals surface area contributed by atoms with Crippen molar-refractivity contribution < 1.29 is 0 Å². The third-order valence-corrected chi connectivity index (χ3v) is 11.6. The molecule has 0 fully saturated rings. The summed E-state index contributed by atoms with van der Waals surface area (Å²) in [6.07, 6.45) is 0. The van der Waals surface area contributed by atoms with Gasteiger partial charge in [0.1, 0.15) is 4.83 Å². The maximum atomic E-state index is 5.24. The van der Waals surface area contributed by atoms with E-state index in [1.54, 1.807) is 0 Å². The predicted octanol–water partition coefficient (Wildman–Crippen LogP) is 13.1. The lowest BCUT2D eigenvalue weighted by molar-refractivity contribution is 1.07. The zero-order chi connectivity index (χ0) is 37.0. The average Bonchev–Trinajstić information content (AvgIpc) is 3.82. The molecule has 0 radical (unpaired) electrons. The number of hydrogen-bond donors (Lipinski definition) is 0. The fourth-order valence-corrected chi connectivity index (χ4v) is 9.20. The summed E-state index contributed by atoms with van der Waals surface area (Å²) in [5.41, 5.74) is 10.4. The molecule has 7 aromatic carbocycles. The Morgan fingerprint density at radius 1 is 0.375 bits per heavy atom. The SMILES string of the molecule is c1ccc(-c2cccc(-c3nc(-c4ccccc4)nc(-c4ccc(-n5c6ccccc6c6c7c(sc65)c(-c5ccccc5)nc5ccccc57)cc4)n3)c2)cc1. The zero-order valence-corrected chi connectivity index (χ0v) is 30.9. The Kier molecular flexibility index (Phi) is 7.60. The standard InChI is InChI=1S/C50H31N5S/c1-4-15-32(16-5-1)36-21-14-22-37(31-36)49-53-47(34-19-8-3-9-20-34)52-48(54-49)35-27-29-38(30-28-35)55-42-26-13-11-24-40(42)44-43-39-23-10-12-25-41(39)51-45(46(43)56-50(44)55)33-17-6-2-7-18-33/h1-31H. The molecule has 262 valence electrons. The molecule has 0 spiro atoms. The summed E-state index contributed by atoms with van der Waals surface area (Å²) in [4.78, 5) is 21.6. The topological polar surface area (TPSA) is 56.5 Å². The van der Waals surface area contributed by atoms with Crippen LogP contribution in [0.5, 0.6) is 0 Å². The van der Waals surface area contributed by atoms with Gasteiger partial charge < -0.3 is 4.57 Å². The smallest absolute Gasteiger partial charge is 0.164 e. The van der Waals surface area contributed by atoms with Crippen LogP contribution in [0.15, 0.2) is 188 Å². The monoisotopic (exact) mass is 733 g/mol. The third-order valence-electron chi connectivity index (χ3n) is 10.5. The quantitative estimate of drug-likeness (QED) is 0.171. The number of benzene rings is 7. The van der Waals surface area contributed by atoms with Gasteiger partial charge in [0.2, 0.25) is 0 Å². The maximum absolute atomic E-state index is 5.24. The Morgan fingerprint density at radius 2 is 0.911 bits per heavy atom. The maximum Gasteiger partial charge on any atom is 0.164 e. The summed E-state index contributed by atoms with van der Waals surface area (Å²) in [6.45, 7) is 0. The van der Waals surface area contributed by atoms with E-state index in [1.165, 1.54) is 31.1 Å². The second-order valence-corrected chi connectivity index (χ2v) is 14.8. The fourth-order valence-electron chi connectivity index (χ4n) is 7.82. The summed E-state index contributed by atoms with van der Waals surface area (Å²) in [6, 6.07) is 65.3. The molecule has 56 heavy (non-hydrogen) atoms. The molecule has 0 bridgehead atoms. The first-order valence-corrected chi connectivity index (χ1v) is 19.5. The molecule has 0 aliphatic carbocycles. The second kappa shape index (κ2) is 13.2. The molecule has 0 N–H and O–H groups in total. The van der Waals surface area contributed by atoms with Crippen LogP contribution >= 0.6 is 11.3 Å². The van der Waals surface area contributed by atoms with E-state index in [-0.39, 0.29) is 0 Å². The van der Waals surface area contributed by atoms with Gasteiger partial charge in [-0.2, -0.15) is 0 Å². The summed E-state index contributed by atoms with van der Waals surface area (Å²) in [7, 11) is 0. The Morgan fingerprint density at radius 3 is 1.62 bits per heavy atom. The van der Waals surface area contributed by atoms with Gasteiger partial charge in [-0.15, -0.1) is 11.3 Å². The molecule has 0 aliphatic heterocycles. The highest BCUT2D eigenvalue weighted by molar-refractivity contribution is 7.26. The normalized spacial score (nSPS) is 11.6. The number of fused-ring (bicyclic) bond motifs is 7. The van der Waals surface area contributed by atoms with Gasteiger partial charge in [-0.25, -0.2) is 19.9 Å². The van der Waals surface area contributed by atoms with Gasteiger partial charge in [0.05, 0.1) is 21.4 Å². The van der Waals surface area contributed by atoms with Crippen LogP contribution in [0, 0.1) is 0 Å². The lowest BCUT2D eigenvalue weighted by Gasteiger charge is -2.11. The average molecular weight is 734 g/mol. The van der Waals surface area contributed by atoms with E-state index in [9.17, 15) is 0 Å². The van der Waals surface area contributed by atoms with Crippen molar-refractivity contribution in [1.82, 2.24) is 24.5 Å². The van der Waals surface area contributed by atoms with Crippen molar-refractivity contribution in [2.24, 2.45) is 0 Å². The molecule has 5 nitrogen and oxygen atoms in total. The van der Waals surface area contributed by atoms with E-state index in [2.05, 4.69) is 156 Å². The van der Waals surface area contributed by atoms with Gasteiger partial charge in [0.15, 0.2) is 17.5 Å². The van der Waals surface area contributed by atoms with Crippen LogP contribution in [0.2, 0.25) is 0 Å². The van der Waals surface area contributed by atoms with E-state index in [4.69, 9.17) is 19.9 Å². The van der Waals surface area contributed by atoms with E-state index >= 15 is 0 Å². The van der Waals surface area contributed by atoms with E-state index in [0.717, 1.165) is 55.8 Å². The minimum Gasteiger partial charge on any atom is -0.301 e. The molecule has 4 aromatic heterocycles. The fraction of sp³-hybridized carbons (Fsp3) is 0. The number of thiophene rings is 1. The van der Waals surface area contributed by atoms with Gasteiger partial charge in [0.25, 0.3) is 0 Å². The molecule has 0 atom stereocenters. The highest BCUT2D eigenvalue weighted by atomic mass is 32.1. The van der Waals surface area contributed by atoms with Crippen LogP contribution in [0.25, 0.3) is 104 Å². The molecule has 11 rings (SSSR count). The minimum absolute atomic E-state index is 0.625. The number of pyridine rings is 1. The molecule has 0 amide bonds. The van der Waals surface area contributed by atoms with Gasteiger partial charge in [-0.1, -0.05) is 146 Å². The van der Waals surface area contributed by atoms with Gasteiger partial charge in [-0.05, 0) is 53.6 Å². The lowest BCUT2D eigenvalue weighted by Crippen LogP contribution is -2.00. The molecule has 11 aromatic rings. The molecule has 4 heterocycles. The lowest BCUT2D eigenvalue weighted by atomic mass is 10.0. The number of aromatic nitrogens is 5. The first kappa shape index (κ1) is 32.2. The van der Waals surface area contributed by atoms with Crippen LogP contribution in [-0.4, -0.2) is 24.5 Å². The first-order valence-electron chi connectivity index (χ1n) is 18.6. The van der Waals surface area contributed by atoms with Crippen LogP contribution in [0.1, 0.15) is 0 Å². The summed E-state index contributed by atoms with van der Waals surface area (Å²) >= 11 is 1.81. The second-order valence-electron chi connectivity index (χ2n) is 13.8. The number of rotatable bonds is 6. The Hall–Kier alpha value is -7.28. The number of para-hydroxylation sites is 2. The zero-order valence-electron chi connectivity index (χ0n) is 30.0. The molecule has 0 aliphatic rings. The highest BCUT2D eigenvalue weighted by Gasteiger charge is 2.23. The van der Waals surface area contributed by atoms with Crippen LogP contribution in [0.3, 0.4) is 0 Å². The minimum atomic E-state index is 0.625.